The summed E-state index contributed by atoms with van der Waals surface area (Å²) in [6.07, 6.45) is -1.87. The summed E-state index contributed by atoms with van der Waals surface area (Å²) in [4.78, 5) is 19.4. The van der Waals surface area contributed by atoms with Gasteiger partial charge >= 0.3 is 12.1 Å². The van der Waals surface area contributed by atoms with Crippen LogP contribution in [0.5, 0.6) is 0 Å². The highest BCUT2D eigenvalue weighted by Gasteiger charge is 2.48. The summed E-state index contributed by atoms with van der Waals surface area (Å²) in [5, 5.41) is 3.20. The topological polar surface area (TPSA) is 69.0 Å². The van der Waals surface area contributed by atoms with E-state index in [1.165, 1.54) is 12.3 Å². The molecule has 1 aliphatic rings. The first kappa shape index (κ1) is 23.7. The molecule has 6 nitrogen and oxygen atoms in total. The number of hydrogen-bond acceptors (Lipinski definition) is 5. The number of esters is 1. The van der Waals surface area contributed by atoms with Gasteiger partial charge in [-0.2, -0.15) is 13.2 Å². The molecule has 2 aromatic heterocycles. The van der Waals surface area contributed by atoms with E-state index in [2.05, 4.69) is 15.3 Å². The summed E-state index contributed by atoms with van der Waals surface area (Å²) < 4.78 is 71.6. The summed E-state index contributed by atoms with van der Waals surface area (Å²) in [5.74, 6) is -3.33. The van der Waals surface area contributed by atoms with E-state index in [0.29, 0.717) is 16.8 Å². The molecular weight excluding hydrogens is 459 g/mol. The lowest BCUT2D eigenvalue weighted by Gasteiger charge is -2.41. The Bertz CT molecular complexity index is 1140. The molecule has 0 amide bonds. The lowest BCUT2D eigenvalue weighted by molar-refractivity contribution is -0.140. The largest absolute Gasteiger partial charge is 0.462 e. The molecule has 0 bridgehead atoms. The Morgan fingerprint density at radius 3 is 2.41 bits per heavy atom. The third-order valence-electron chi connectivity index (χ3n) is 5.58. The smallest absolute Gasteiger partial charge is 0.434 e. The van der Waals surface area contributed by atoms with Crippen LogP contribution >= 0.6 is 0 Å². The predicted octanol–water partition coefficient (Wildman–Crippen LogP) is 5.66. The maximum atomic E-state index is 13.6. The number of alkyl halides is 5. The first-order chi connectivity index (χ1) is 16.1. The molecular formula is C23H21F5N4O2. The minimum atomic E-state index is -4.56. The summed E-state index contributed by atoms with van der Waals surface area (Å²) >= 11 is 0. The molecule has 11 heteroatoms. The zero-order valence-electron chi connectivity index (χ0n) is 18.0. The number of rotatable bonds is 7. The first-order valence-corrected chi connectivity index (χ1v) is 10.5. The van der Waals surface area contributed by atoms with E-state index in [4.69, 9.17) is 4.74 Å². The molecule has 1 saturated carbocycles. The number of ether oxygens (including phenoxy) is 1. The standard InChI is InChI=1S/C23H21F5N4O2/c1-2-34-21(33)15-5-3-14(4-6-15)20(16-9-22(24,25)10-16)31-17-7-8-19(29-11-17)32-12-18(30-13-32)23(26,27)28/h3-8,11-13,16,20,31H,2,9-10H2,1H3. The van der Waals surface area contributed by atoms with E-state index in [9.17, 15) is 26.7 Å². The van der Waals surface area contributed by atoms with Crippen LogP contribution in [0.25, 0.3) is 5.82 Å². The fourth-order valence-corrected chi connectivity index (χ4v) is 3.86. The van der Waals surface area contributed by atoms with E-state index < -0.39 is 29.8 Å². The number of imidazole rings is 1. The Labute approximate surface area is 191 Å². The van der Waals surface area contributed by atoms with Crippen LogP contribution in [-0.4, -0.2) is 33.0 Å². The SMILES string of the molecule is CCOC(=O)c1ccc(C(Nc2ccc(-n3cnc(C(F)(F)F)c3)nc2)C2CC(F)(F)C2)cc1. The minimum absolute atomic E-state index is 0.221. The molecule has 1 fully saturated rings. The lowest BCUT2D eigenvalue weighted by atomic mass is 9.74. The van der Waals surface area contributed by atoms with Gasteiger partial charge in [-0.15, -0.1) is 0 Å². The molecule has 1 atom stereocenters. The van der Waals surface area contributed by atoms with Crippen molar-refractivity contribution in [1.82, 2.24) is 14.5 Å². The first-order valence-electron chi connectivity index (χ1n) is 10.5. The Balaban J connectivity index is 1.53. The van der Waals surface area contributed by atoms with E-state index >= 15 is 0 Å². The third kappa shape index (κ3) is 5.18. The average molecular weight is 480 g/mol. The van der Waals surface area contributed by atoms with Crippen LogP contribution in [0.1, 0.15) is 47.4 Å². The highest BCUT2D eigenvalue weighted by atomic mass is 19.4. The van der Waals surface area contributed by atoms with Crippen molar-refractivity contribution in [2.24, 2.45) is 5.92 Å². The van der Waals surface area contributed by atoms with Gasteiger partial charge in [-0.25, -0.2) is 23.5 Å². The molecule has 0 spiro atoms. The summed E-state index contributed by atoms with van der Waals surface area (Å²) in [7, 11) is 0. The number of carbonyl (C=O) groups excluding carboxylic acids is 1. The molecule has 2 heterocycles. The number of carbonyl (C=O) groups is 1. The maximum Gasteiger partial charge on any atom is 0.434 e. The van der Waals surface area contributed by atoms with Crippen LogP contribution in [0.2, 0.25) is 0 Å². The molecule has 4 rings (SSSR count). The third-order valence-corrected chi connectivity index (χ3v) is 5.58. The number of benzene rings is 1. The number of hydrogen-bond donors (Lipinski definition) is 1. The second kappa shape index (κ2) is 9.03. The Hall–Kier alpha value is -3.50. The summed E-state index contributed by atoms with van der Waals surface area (Å²) in [6.45, 7) is 1.94. The van der Waals surface area contributed by atoms with Gasteiger partial charge in [0.2, 0.25) is 5.92 Å². The fraction of sp³-hybridized carbons (Fsp3) is 0.348. The average Bonchev–Trinajstić information content (AvgIpc) is 3.28. The number of nitrogens with one attached hydrogen (secondary N) is 1. The molecule has 1 aliphatic carbocycles. The normalized spacial score (nSPS) is 16.5. The molecule has 1 unspecified atom stereocenters. The van der Waals surface area contributed by atoms with Crippen molar-refractivity contribution < 1.29 is 31.5 Å². The molecule has 0 aliphatic heterocycles. The van der Waals surface area contributed by atoms with Crippen molar-refractivity contribution in [3.63, 3.8) is 0 Å². The summed E-state index contributed by atoms with van der Waals surface area (Å²) in [5.41, 5.74) is 0.540. The van der Waals surface area contributed by atoms with E-state index in [0.717, 1.165) is 17.1 Å². The molecule has 180 valence electrons. The van der Waals surface area contributed by atoms with Crippen LogP contribution in [0.15, 0.2) is 55.1 Å². The van der Waals surface area contributed by atoms with E-state index in [-0.39, 0.29) is 31.2 Å². The van der Waals surface area contributed by atoms with E-state index in [1.807, 2.05) is 0 Å². The Morgan fingerprint density at radius 1 is 1.18 bits per heavy atom. The van der Waals surface area contributed by atoms with Crippen LogP contribution in [0.3, 0.4) is 0 Å². The monoisotopic (exact) mass is 480 g/mol. The van der Waals surface area contributed by atoms with Crippen LogP contribution in [0.4, 0.5) is 27.6 Å². The summed E-state index contributed by atoms with van der Waals surface area (Å²) in [6, 6.07) is 9.16. The van der Waals surface area contributed by atoms with Gasteiger partial charge in [-0.1, -0.05) is 12.1 Å². The Morgan fingerprint density at radius 2 is 1.88 bits per heavy atom. The zero-order chi connectivity index (χ0) is 24.5. The van der Waals surface area contributed by atoms with Crippen molar-refractivity contribution in [3.8, 4) is 5.82 Å². The van der Waals surface area contributed by atoms with Crippen LogP contribution in [0, 0.1) is 5.92 Å². The second-order valence-corrected chi connectivity index (χ2v) is 8.06. The number of anilines is 1. The van der Waals surface area contributed by atoms with Crippen LogP contribution < -0.4 is 5.32 Å². The fourth-order valence-electron chi connectivity index (χ4n) is 3.86. The minimum Gasteiger partial charge on any atom is -0.462 e. The van der Waals surface area contributed by atoms with Gasteiger partial charge in [0.1, 0.15) is 12.1 Å². The predicted molar refractivity (Wildman–Crippen MR) is 113 cm³/mol. The molecule has 0 saturated heterocycles. The molecule has 3 aromatic rings. The highest BCUT2D eigenvalue weighted by molar-refractivity contribution is 5.89. The molecule has 1 aromatic carbocycles. The maximum absolute atomic E-state index is 13.6. The van der Waals surface area contributed by atoms with Gasteiger partial charge in [-0.3, -0.25) is 4.57 Å². The van der Waals surface area contributed by atoms with Crippen LogP contribution in [-0.2, 0) is 10.9 Å². The number of aromatic nitrogens is 3. The van der Waals surface area contributed by atoms with E-state index in [1.54, 1.807) is 37.3 Å². The van der Waals surface area contributed by atoms with Gasteiger partial charge < -0.3 is 10.1 Å². The van der Waals surface area contributed by atoms with Gasteiger partial charge in [0.25, 0.3) is 0 Å². The van der Waals surface area contributed by atoms with Gasteiger partial charge in [-0.05, 0) is 42.7 Å². The molecule has 1 N–H and O–H groups in total. The van der Waals surface area contributed by atoms with Gasteiger partial charge in [0.05, 0.1) is 30.1 Å². The van der Waals surface area contributed by atoms with Crippen molar-refractivity contribution in [1.29, 1.82) is 0 Å². The van der Waals surface area contributed by atoms with Gasteiger partial charge in [0.15, 0.2) is 5.69 Å². The zero-order valence-corrected chi connectivity index (χ0v) is 18.0. The number of halogens is 5. The number of pyridine rings is 1. The Kier molecular flexibility index (Phi) is 6.28. The van der Waals surface area contributed by atoms with Crippen molar-refractivity contribution >= 4 is 11.7 Å². The highest BCUT2D eigenvalue weighted by Crippen LogP contribution is 2.49. The number of nitrogens with zero attached hydrogens (tertiary/aromatic N) is 3. The van der Waals surface area contributed by atoms with Crippen molar-refractivity contribution in [2.75, 3.05) is 11.9 Å². The lowest BCUT2D eigenvalue weighted by Crippen LogP contribution is -2.41. The molecule has 34 heavy (non-hydrogen) atoms. The quantitative estimate of drug-likeness (QED) is 0.349. The molecule has 0 radical (unpaired) electrons. The van der Waals surface area contributed by atoms with Crippen molar-refractivity contribution in [3.05, 3.63) is 71.9 Å². The van der Waals surface area contributed by atoms with Gasteiger partial charge in [0, 0.05) is 19.0 Å². The van der Waals surface area contributed by atoms with Crippen molar-refractivity contribution in [2.45, 2.75) is 37.9 Å². The second-order valence-electron chi connectivity index (χ2n) is 8.06.